The monoisotopic (exact) mass is 293 g/mol. The van der Waals surface area contributed by atoms with E-state index in [1.165, 1.54) is 0 Å². The Labute approximate surface area is 124 Å². The van der Waals surface area contributed by atoms with E-state index < -0.39 is 0 Å². The molecule has 7 heteroatoms. The Balaban J connectivity index is 1.52. The number of carbonyl (C=O) groups excluding carboxylic acids is 1. The van der Waals surface area contributed by atoms with Crippen molar-refractivity contribution in [2.24, 2.45) is 0 Å². The van der Waals surface area contributed by atoms with Crippen molar-refractivity contribution in [2.45, 2.75) is 38.8 Å². The van der Waals surface area contributed by atoms with E-state index >= 15 is 0 Å². The second-order valence-corrected chi connectivity index (χ2v) is 5.79. The predicted octanol–water partition coefficient (Wildman–Crippen LogP) is 0.326. The van der Waals surface area contributed by atoms with E-state index in [0.29, 0.717) is 0 Å². The smallest absolute Gasteiger partial charge is 0.251 e. The molecule has 0 spiro atoms. The molecule has 1 atom stereocenters. The van der Waals surface area contributed by atoms with Gasteiger partial charge in [0.15, 0.2) is 5.82 Å². The van der Waals surface area contributed by atoms with E-state index in [1.54, 1.807) is 0 Å². The number of H-pyrrole nitrogens is 1. The van der Waals surface area contributed by atoms with Gasteiger partial charge in [0.2, 0.25) is 0 Å². The minimum Gasteiger partial charge on any atom is -0.368 e. The van der Waals surface area contributed by atoms with Gasteiger partial charge in [0.05, 0.1) is 6.54 Å². The van der Waals surface area contributed by atoms with Crippen molar-refractivity contribution in [3.8, 4) is 0 Å². The summed E-state index contributed by atoms with van der Waals surface area (Å²) in [7, 11) is 0. The number of aryl methyl sites for hydroxylation is 1. The van der Waals surface area contributed by atoms with E-state index in [9.17, 15) is 4.79 Å². The SMILES string of the molecule is Cc1nc(CN2CCCN(C(=O)[C@H]3CCCO3)CC2)n[nH]1. The molecule has 1 aromatic heterocycles. The molecule has 1 amide bonds. The van der Waals surface area contributed by atoms with Gasteiger partial charge in [-0.15, -0.1) is 0 Å². The van der Waals surface area contributed by atoms with Gasteiger partial charge in [-0.1, -0.05) is 0 Å². The lowest BCUT2D eigenvalue weighted by Crippen LogP contribution is -2.41. The van der Waals surface area contributed by atoms with Crippen molar-refractivity contribution in [1.29, 1.82) is 0 Å². The van der Waals surface area contributed by atoms with Crippen molar-refractivity contribution in [2.75, 3.05) is 32.8 Å². The van der Waals surface area contributed by atoms with Crippen LogP contribution < -0.4 is 0 Å². The molecule has 0 radical (unpaired) electrons. The number of aromatic nitrogens is 3. The maximum atomic E-state index is 12.4. The highest BCUT2D eigenvalue weighted by Crippen LogP contribution is 2.16. The molecule has 2 saturated heterocycles. The zero-order chi connectivity index (χ0) is 14.7. The van der Waals surface area contributed by atoms with Gasteiger partial charge in [-0.05, 0) is 26.2 Å². The number of hydrogen-bond acceptors (Lipinski definition) is 5. The molecule has 116 valence electrons. The summed E-state index contributed by atoms with van der Waals surface area (Å²) in [5, 5.41) is 7.05. The van der Waals surface area contributed by atoms with E-state index in [1.807, 2.05) is 11.8 Å². The Bertz CT molecular complexity index is 483. The van der Waals surface area contributed by atoms with Gasteiger partial charge < -0.3 is 9.64 Å². The van der Waals surface area contributed by atoms with Crippen molar-refractivity contribution in [3.05, 3.63) is 11.6 Å². The van der Waals surface area contributed by atoms with Gasteiger partial charge in [-0.3, -0.25) is 14.8 Å². The predicted molar refractivity (Wildman–Crippen MR) is 76.6 cm³/mol. The molecule has 0 aromatic carbocycles. The van der Waals surface area contributed by atoms with E-state index in [-0.39, 0.29) is 12.0 Å². The molecule has 1 N–H and O–H groups in total. The topological polar surface area (TPSA) is 74.3 Å². The minimum absolute atomic E-state index is 0.170. The standard InChI is InChI=1S/C14H23N5O2/c1-11-15-13(17-16-11)10-18-5-3-6-19(8-7-18)14(20)12-4-2-9-21-12/h12H,2-10H2,1H3,(H,15,16,17)/t12-/m1/s1. The van der Waals surface area contributed by atoms with Crippen molar-refractivity contribution in [3.63, 3.8) is 0 Å². The highest BCUT2D eigenvalue weighted by molar-refractivity contribution is 5.81. The zero-order valence-corrected chi connectivity index (χ0v) is 12.5. The molecule has 1 aromatic rings. The Hall–Kier alpha value is -1.47. The summed E-state index contributed by atoms with van der Waals surface area (Å²) in [4.78, 5) is 21.0. The average Bonchev–Trinajstić information content (AvgIpc) is 3.08. The maximum absolute atomic E-state index is 12.4. The van der Waals surface area contributed by atoms with Crippen LogP contribution in [0.3, 0.4) is 0 Å². The van der Waals surface area contributed by atoms with Crippen LogP contribution in [0, 0.1) is 6.92 Å². The van der Waals surface area contributed by atoms with Gasteiger partial charge in [-0.25, -0.2) is 4.98 Å². The van der Waals surface area contributed by atoms with Crippen molar-refractivity contribution in [1.82, 2.24) is 25.0 Å². The first-order chi connectivity index (χ1) is 10.2. The lowest BCUT2D eigenvalue weighted by molar-refractivity contribution is -0.140. The Morgan fingerprint density at radius 3 is 2.95 bits per heavy atom. The Kier molecular flexibility index (Phi) is 4.50. The lowest BCUT2D eigenvalue weighted by atomic mass is 10.2. The summed E-state index contributed by atoms with van der Waals surface area (Å²) in [6.45, 7) is 6.80. The Morgan fingerprint density at radius 1 is 1.33 bits per heavy atom. The van der Waals surface area contributed by atoms with Gasteiger partial charge in [0.25, 0.3) is 5.91 Å². The van der Waals surface area contributed by atoms with E-state index in [2.05, 4.69) is 20.1 Å². The third-order valence-electron chi connectivity index (χ3n) is 4.11. The molecule has 2 aliphatic rings. The van der Waals surface area contributed by atoms with Crippen molar-refractivity contribution >= 4 is 5.91 Å². The summed E-state index contributed by atoms with van der Waals surface area (Å²) in [6, 6.07) is 0. The van der Waals surface area contributed by atoms with Crippen LogP contribution in [0.4, 0.5) is 0 Å². The number of nitrogens with zero attached hydrogens (tertiary/aromatic N) is 4. The number of ether oxygens (including phenoxy) is 1. The van der Waals surface area contributed by atoms with Crippen LogP contribution in [-0.4, -0.2) is 69.8 Å². The molecule has 3 heterocycles. The van der Waals surface area contributed by atoms with Gasteiger partial charge in [-0.2, -0.15) is 5.10 Å². The molecular formula is C14H23N5O2. The second kappa shape index (κ2) is 6.53. The van der Waals surface area contributed by atoms with E-state index in [0.717, 1.165) is 70.2 Å². The van der Waals surface area contributed by atoms with Crippen LogP contribution in [-0.2, 0) is 16.1 Å². The van der Waals surface area contributed by atoms with Crippen molar-refractivity contribution < 1.29 is 9.53 Å². The highest BCUT2D eigenvalue weighted by Gasteiger charge is 2.29. The molecule has 21 heavy (non-hydrogen) atoms. The average molecular weight is 293 g/mol. The molecule has 0 unspecified atom stereocenters. The molecule has 0 bridgehead atoms. The van der Waals surface area contributed by atoms with Crippen LogP contribution in [0.2, 0.25) is 0 Å². The second-order valence-electron chi connectivity index (χ2n) is 5.79. The molecule has 2 fully saturated rings. The first-order valence-corrected chi connectivity index (χ1v) is 7.73. The number of rotatable bonds is 3. The number of nitrogens with one attached hydrogen (secondary N) is 1. The first-order valence-electron chi connectivity index (χ1n) is 7.73. The lowest BCUT2D eigenvalue weighted by Gasteiger charge is -2.23. The quantitative estimate of drug-likeness (QED) is 0.869. The normalized spacial score (nSPS) is 24.2. The minimum atomic E-state index is -0.202. The number of carbonyl (C=O) groups is 1. The maximum Gasteiger partial charge on any atom is 0.251 e. The summed E-state index contributed by atoms with van der Waals surface area (Å²) >= 11 is 0. The summed E-state index contributed by atoms with van der Waals surface area (Å²) < 4.78 is 5.51. The van der Waals surface area contributed by atoms with E-state index in [4.69, 9.17) is 4.74 Å². The molecule has 0 saturated carbocycles. The fourth-order valence-corrected chi connectivity index (χ4v) is 2.99. The number of aromatic amines is 1. The highest BCUT2D eigenvalue weighted by atomic mass is 16.5. The third kappa shape index (κ3) is 3.59. The van der Waals surface area contributed by atoms with Crippen LogP contribution in [0.1, 0.15) is 30.9 Å². The summed E-state index contributed by atoms with van der Waals surface area (Å²) in [6.07, 6.45) is 2.66. The van der Waals surface area contributed by atoms with Gasteiger partial charge in [0, 0.05) is 32.8 Å². The molecule has 2 aliphatic heterocycles. The summed E-state index contributed by atoms with van der Waals surface area (Å²) in [5.41, 5.74) is 0. The fourth-order valence-electron chi connectivity index (χ4n) is 2.99. The largest absolute Gasteiger partial charge is 0.368 e. The zero-order valence-electron chi connectivity index (χ0n) is 12.5. The number of amides is 1. The molecular weight excluding hydrogens is 270 g/mol. The fraction of sp³-hybridized carbons (Fsp3) is 0.786. The van der Waals surface area contributed by atoms with Gasteiger partial charge >= 0.3 is 0 Å². The third-order valence-corrected chi connectivity index (χ3v) is 4.11. The van der Waals surface area contributed by atoms with Crippen LogP contribution in [0.15, 0.2) is 0 Å². The molecule has 0 aliphatic carbocycles. The molecule has 3 rings (SSSR count). The van der Waals surface area contributed by atoms with Gasteiger partial charge in [0.1, 0.15) is 11.9 Å². The summed E-state index contributed by atoms with van der Waals surface area (Å²) in [5.74, 6) is 1.84. The van der Waals surface area contributed by atoms with Crippen LogP contribution >= 0.6 is 0 Å². The van der Waals surface area contributed by atoms with Crippen LogP contribution in [0.25, 0.3) is 0 Å². The first kappa shape index (κ1) is 14.5. The van der Waals surface area contributed by atoms with Crippen LogP contribution in [0.5, 0.6) is 0 Å². The number of hydrogen-bond donors (Lipinski definition) is 1. The Morgan fingerprint density at radius 2 is 2.24 bits per heavy atom. The molecule has 7 nitrogen and oxygen atoms in total.